The van der Waals surface area contributed by atoms with E-state index in [1.165, 1.54) is 29.0 Å². The quantitative estimate of drug-likeness (QED) is 0.125. The Balaban J connectivity index is 1.89. The first-order valence-corrected chi connectivity index (χ1v) is 16.7. The summed E-state index contributed by atoms with van der Waals surface area (Å²) < 4.78 is 49.2. The number of benzene rings is 1. The topological polar surface area (TPSA) is 162 Å². The van der Waals surface area contributed by atoms with Crippen molar-refractivity contribution in [1.29, 1.82) is 0 Å². The molecular formula is C36H42F2N6O8. The van der Waals surface area contributed by atoms with Gasteiger partial charge in [0.2, 0.25) is 0 Å². The number of aliphatic hydroxyl groups is 1. The number of amides is 1. The van der Waals surface area contributed by atoms with Gasteiger partial charge in [-0.3, -0.25) is 24.5 Å². The Morgan fingerprint density at radius 3 is 2.48 bits per heavy atom. The summed E-state index contributed by atoms with van der Waals surface area (Å²) in [6.07, 6.45) is 0.883. The highest BCUT2D eigenvalue weighted by atomic mass is 19.1. The first-order chi connectivity index (χ1) is 24.5. The molecule has 0 aliphatic carbocycles. The lowest BCUT2D eigenvalue weighted by Crippen LogP contribution is -2.61. The van der Waals surface area contributed by atoms with Crippen molar-refractivity contribution in [3.8, 4) is 22.7 Å². The van der Waals surface area contributed by atoms with E-state index < -0.39 is 63.9 Å². The van der Waals surface area contributed by atoms with Crippen LogP contribution in [0.3, 0.4) is 0 Å². The number of piperazine rings is 1. The normalized spacial score (nSPS) is 16.5. The summed E-state index contributed by atoms with van der Waals surface area (Å²) in [5.41, 5.74) is -3.18. The van der Waals surface area contributed by atoms with Gasteiger partial charge in [-0.1, -0.05) is 19.9 Å². The van der Waals surface area contributed by atoms with Crippen molar-refractivity contribution in [1.82, 2.24) is 19.4 Å². The Labute approximate surface area is 298 Å². The van der Waals surface area contributed by atoms with Crippen molar-refractivity contribution < 1.29 is 37.8 Å². The zero-order valence-electron chi connectivity index (χ0n) is 30.3. The molecule has 0 bridgehead atoms. The third kappa shape index (κ3) is 7.12. The van der Waals surface area contributed by atoms with E-state index in [1.807, 2.05) is 13.8 Å². The fourth-order valence-corrected chi connectivity index (χ4v) is 6.40. The first-order valence-electron chi connectivity index (χ1n) is 16.7. The highest BCUT2D eigenvalue weighted by molar-refractivity contribution is 5.97. The van der Waals surface area contributed by atoms with Gasteiger partial charge in [0, 0.05) is 32.4 Å². The van der Waals surface area contributed by atoms with E-state index in [2.05, 4.69) is 9.97 Å². The number of pyridine rings is 3. The molecule has 2 atom stereocenters. The van der Waals surface area contributed by atoms with Gasteiger partial charge >= 0.3 is 17.3 Å². The predicted molar refractivity (Wildman–Crippen MR) is 189 cm³/mol. The van der Waals surface area contributed by atoms with Crippen LogP contribution in [0.4, 0.5) is 25.0 Å². The summed E-state index contributed by atoms with van der Waals surface area (Å²) in [5.74, 6) is -2.34. The number of anilines is 1. The second kappa shape index (κ2) is 14.8. The molecule has 4 heterocycles. The number of aliphatic hydroxyl groups excluding tert-OH is 1. The van der Waals surface area contributed by atoms with Crippen molar-refractivity contribution in [3.63, 3.8) is 0 Å². The monoisotopic (exact) mass is 724 g/mol. The second-order valence-corrected chi connectivity index (χ2v) is 13.9. The van der Waals surface area contributed by atoms with Gasteiger partial charge in [-0.15, -0.1) is 0 Å². The second-order valence-electron chi connectivity index (χ2n) is 13.9. The summed E-state index contributed by atoms with van der Waals surface area (Å²) in [6.45, 7) is 11.0. The number of hydrogen-bond donors (Lipinski definition) is 1. The van der Waals surface area contributed by atoms with Crippen LogP contribution in [0.5, 0.6) is 5.75 Å². The van der Waals surface area contributed by atoms with Gasteiger partial charge in [-0.2, -0.15) is 0 Å². The molecule has 0 saturated carbocycles. The van der Waals surface area contributed by atoms with E-state index in [9.17, 15) is 24.8 Å². The molecule has 4 aromatic rings. The molecule has 1 fully saturated rings. The maximum Gasteiger partial charge on any atom is 0.410 e. The lowest BCUT2D eigenvalue weighted by Gasteiger charge is -2.45. The van der Waals surface area contributed by atoms with Crippen molar-refractivity contribution in [2.75, 3.05) is 38.5 Å². The predicted octanol–water partition coefficient (Wildman–Crippen LogP) is 5.86. The molecule has 1 aliphatic rings. The number of carbonyl (C=O) groups excluding carboxylic acids is 1. The molecular weight excluding hydrogens is 682 g/mol. The molecule has 14 nitrogen and oxygen atoms in total. The largest absolute Gasteiger partial charge is 0.467 e. The van der Waals surface area contributed by atoms with Crippen LogP contribution in [0.15, 0.2) is 41.3 Å². The van der Waals surface area contributed by atoms with Crippen LogP contribution in [0, 0.1) is 28.7 Å². The number of fused-ring (bicyclic) bond motifs is 1. The summed E-state index contributed by atoms with van der Waals surface area (Å²) >= 11 is 0. The molecule has 0 radical (unpaired) electrons. The van der Waals surface area contributed by atoms with E-state index in [4.69, 9.17) is 14.2 Å². The van der Waals surface area contributed by atoms with Crippen molar-refractivity contribution in [2.45, 2.75) is 72.1 Å². The SMILES string of the molecule is COCOc1cccc(F)c1-c1nc2c(cc1F)c(N1C[C@@H](C)N(C(=O)OC(C)(C)C)C[C@@H]1CO)c([N+](=O)[O-])c(=O)n2-c1c(C)ccnc1C(C)C. The Morgan fingerprint density at radius 2 is 1.87 bits per heavy atom. The fourth-order valence-electron chi connectivity index (χ4n) is 6.40. The molecule has 1 N–H and O–H groups in total. The van der Waals surface area contributed by atoms with E-state index in [0.717, 1.165) is 16.7 Å². The minimum atomic E-state index is -1.11. The van der Waals surface area contributed by atoms with Gasteiger partial charge in [0.25, 0.3) is 0 Å². The van der Waals surface area contributed by atoms with E-state index in [1.54, 1.807) is 46.9 Å². The molecule has 5 rings (SSSR count). The highest BCUT2D eigenvalue weighted by Gasteiger charge is 2.41. The van der Waals surface area contributed by atoms with Crippen molar-refractivity contribution in [2.24, 2.45) is 0 Å². The van der Waals surface area contributed by atoms with Crippen LogP contribution in [0.2, 0.25) is 0 Å². The van der Waals surface area contributed by atoms with Gasteiger partial charge in [-0.05, 0) is 70.4 Å². The smallest absolute Gasteiger partial charge is 0.410 e. The molecule has 0 unspecified atom stereocenters. The van der Waals surface area contributed by atoms with Crippen molar-refractivity contribution >= 4 is 28.5 Å². The Bertz CT molecular complexity index is 2080. The molecule has 278 valence electrons. The number of aromatic nitrogens is 3. The lowest BCUT2D eigenvalue weighted by molar-refractivity contribution is -0.385. The van der Waals surface area contributed by atoms with Crippen LogP contribution in [-0.2, 0) is 9.47 Å². The van der Waals surface area contributed by atoms with Gasteiger partial charge < -0.3 is 29.1 Å². The Hall–Kier alpha value is -5.22. The highest BCUT2D eigenvalue weighted by Crippen LogP contribution is 2.41. The Kier molecular flexibility index (Phi) is 10.8. The van der Waals surface area contributed by atoms with Crippen LogP contribution in [-0.4, -0.2) is 86.8 Å². The first kappa shape index (κ1) is 38.0. The third-order valence-electron chi connectivity index (χ3n) is 8.67. The number of hydrogen-bond acceptors (Lipinski definition) is 11. The van der Waals surface area contributed by atoms with Gasteiger partial charge in [0.1, 0.15) is 28.5 Å². The maximum absolute atomic E-state index is 16.5. The number of rotatable bonds is 9. The molecule has 3 aromatic heterocycles. The third-order valence-corrected chi connectivity index (χ3v) is 8.67. The average Bonchev–Trinajstić information content (AvgIpc) is 3.06. The minimum Gasteiger partial charge on any atom is -0.467 e. The van der Waals surface area contributed by atoms with Crippen molar-refractivity contribution in [3.05, 3.63) is 79.9 Å². The number of halogens is 2. The summed E-state index contributed by atoms with van der Waals surface area (Å²) in [7, 11) is 1.36. The molecule has 1 amide bonds. The number of nitro groups is 1. The summed E-state index contributed by atoms with van der Waals surface area (Å²) in [5, 5.41) is 23.4. The Morgan fingerprint density at radius 1 is 1.15 bits per heavy atom. The molecule has 16 heteroatoms. The fraction of sp³-hybridized carbons (Fsp3) is 0.444. The summed E-state index contributed by atoms with van der Waals surface area (Å²) in [6, 6.07) is 4.81. The van der Waals surface area contributed by atoms with Crippen LogP contribution >= 0.6 is 0 Å². The van der Waals surface area contributed by atoms with Crippen LogP contribution in [0.1, 0.15) is 58.7 Å². The van der Waals surface area contributed by atoms with E-state index in [0.29, 0.717) is 11.3 Å². The molecule has 52 heavy (non-hydrogen) atoms. The molecule has 0 spiro atoms. The number of methoxy groups -OCH3 is 1. The average molecular weight is 725 g/mol. The minimum absolute atomic E-state index is 0.100. The van der Waals surface area contributed by atoms with E-state index >= 15 is 8.78 Å². The lowest BCUT2D eigenvalue weighted by atomic mass is 10.0. The molecule has 1 saturated heterocycles. The summed E-state index contributed by atoms with van der Waals surface area (Å²) in [4.78, 5) is 51.9. The number of ether oxygens (including phenoxy) is 3. The zero-order chi connectivity index (χ0) is 38.2. The van der Waals surface area contributed by atoms with E-state index in [-0.39, 0.29) is 59.5 Å². The molecule has 1 aliphatic heterocycles. The van der Waals surface area contributed by atoms with Crippen LogP contribution < -0.4 is 15.2 Å². The maximum atomic E-state index is 16.5. The standard InChI is InChI=1S/C36H42F2N6O8/c1-19(2)28-30(20(3)12-13-39-28)43-33-23(14-25(38)29(40-33)27-24(37)10-9-11-26(27)51-18-50-8)31(32(34(43)46)44(48)49)42-15-21(4)41(16-22(42)17-45)35(47)52-36(5,6)7/h9-14,19,21-22,45H,15-18H2,1-8H3/t21-,22-/m1/s1. The van der Waals surface area contributed by atoms with Gasteiger partial charge in [0.05, 0.1) is 39.9 Å². The number of nitrogens with zero attached hydrogens (tertiary/aromatic N) is 6. The van der Waals surface area contributed by atoms with Gasteiger partial charge in [-0.25, -0.2) is 18.6 Å². The van der Waals surface area contributed by atoms with Crippen LogP contribution in [0.25, 0.3) is 28.0 Å². The number of aryl methyl sites for hydroxylation is 1. The zero-order valence-corrected chi connectivity index (χ0v) is 30.3. The molecule has 1 aromatic carbocycles. The number of carbonyl (C=O) groups is 1. The van der Waals surface area contributed by atoms with Gasteiger partial charge in [0.15, 0.2) is 18.3 Å².